The molecular formula is C13H24N4S. The average Bonchev–Trinajstić information content (AvgIpc) is 2.34. The van der Waals surface area contributed by atoms with Crippen molar-refractivity contribution in [2.24, 2.45) is 0 Å². The van der Waals surface area contributed by atoms with Crippen LogP contribution in [0.3, 0.4) is 0 Å². The van der Waals surface area contributed by atoms with E-state index in [4.69, 9.17) is 5.73 Å². The van der Waals surface area contributed by atoms with Crippen molar-refractivity contribution in [3.8, 4) is 0 Å². The Morgan fingerprint density at radius 3 is 2.50 bits per heavy atom. The summed E-state index contributed by atoms with van der Waals surface area (Å²) in [5.74, 6) is 2.75. The van der Waals surface area contributed by atoms with E-state index in [0.717, 1.165) is 36.2 Å². The number of rotatable bonds is 7. The highest BCUT2D eigenvalue weighted by Gasteiger charge is 2.07. The fourth-order valence-corrected chi connectivity index (χ4v) is 2.53. The number of hydrogen-bond donors (Lipinski definition) is 1. The van der Waals surface area contributed by atoms with Gasteiger partial charge in [-0.3, -0.25) is 0 Å². The van der Waals surface area contributed by atoms with Crippen molar-refractivity contribution in [3.05, 3.63) is 11.9 Å². The second-order valence-electron chi connectivity index (χ2n) is 4.52. The van der Waals surface area contributed by atoms with Crippen LogP contribution in [-0.2, 0) is 0 Å². The normalized spacial score (nSPS) is 11.4. The first kappa shape index (κ1) is 15.2. The molecule has 0 saturated heterocycles. The quantitative estimate of drug-likeness (QED) is 0.608. The third-order valence-corrected chi connectivity index (χ3v) is 3.70. The van der Waals surface area contributed by atoms with E-state index >= 15 is 0 Å². The monoisotopic (exact) mass is 268 g/mol. The zero-order valence-corrected chi connectivity index (χ0v) is 12.6. The highest BCUT2D eigenvalue weighted by atomic mass is 32.2. The lowest BCUT2D eigenvalue weighted by atomic mass is 10.2. The van der Waals surface area contributed by atoms with Crippen LogP contribution in [-0.4, -0.2) is 40.3 Å². The Bertz CT molecular complexity index is 364. The zero-order chi connectivity index (χ0) is 13.5. The standard InChI is InChI=1S/C13H24N4S/c1-5-17(6-2)7-8-18-12-9-11(14)15-13(16-12)10(3)4/h9-10H,5-8H2,1-4H3,(H2,14,15,16). The van der Waals surface area contributed by atoms with Crippen LogP contribution in [0.25, 0.3) is 0 Å². The van der Waals surface area contributed by atoms with Gasteiger partial charge in [0.05, 0.1) is 0 Å². The van der Waals surface area contributed by atoms with Crippen LogP contribution < -0.4 is 5.73 Å². The van der Waals surface area contributed by atoms with Gasteiger partial charge in [-0.05, 0) is 13.1 Å². The van der Waals surface area contributed by atoms with Gasteiger partial charge < -0.3 is 10.6 Å². The zero-order valence-electron chi connectivity index (χ0n) is 11.8. The predicted molar refractivity (Wildman–Crippen MR) is 79.0 cm³/mol. The number of nitrogens with zero attached hydrogens (tertiary/aromatic N) is 3. The second kappa shape index (κ2) is 7.59. The fraction of sp³-hybridized carbons (Fsp3) is 0.692. The van der Waals surface area contributed by atoms with Crippen molar-refractivity contribution in [2.75, 3.05) is 31.1 Å². The highest BCUT2D eigenvalue weighted by molar-refractivity contribution is 7.99. The van der Waals surface area contributed by atoms with Crippen molar-refractivity contribution in [1.82, 2.24) is 14.9 Å². The number of anilines is 1. The van der Waals surface area contributed by atoms with E-state index in [0.29, 0.717) is 11.7 Å². The summed E-state index contributed by atoms with van der Waals surface area (Å²) in [5, 5.41) is 0.985. The summed E-state index contributed by atoms with van der Waals surface area (Å²) in [4.78, 5) is 11.2. The molecule has 0 aliphatic heterocycles. The first-order valence-corrected chi connectivity index (χ1v) is 7.55. The third-order valence-electron chi connectivity index (χ3n) is 2.81. The first-order valence-electron chi connectivity index (χ1n) is 6.56. The molecule has 102 valence electrons. The van der Waals surface area contributed by atoms with Crippen LogP contribution >= 0.6 is 11.8 Å². The van der Waals surface area contributed by atoms with E-state index in [9.17, 15) is 0 Å². The van der Waals surface area contributed by atoms with Crippen LogP contribution in [0.2, 0.25) is 0 Å². The van der Waals surface area contributed by atoms with Gasteiger partial charge in [-0.25, -0.2) is 9.97 Å². The SMILES string of the molecule is CCN(CC)CCSc1cc(N)nc(C(C)C)n1. The number of aromatic nitrogens is 2. The molecule has 1 aromatic heterocycles. The molecule has 1 heterocycles. The second-order valence-corrected chi connectivity index (χ2v) is 5.63. The summed E-state index contributed by atoms with van der Waals surface area (Å²) in [6, 6.07) is 1.86. The Labute approximate surface area is 114 Å². The molecule has 0 aliphatic rings. The van der Waals surface area contributed by atoms with Crippen molar-refractivity contribution in [1.29, 1.82) is 0 Å². The fourth-order valence-electron chi connectivity index (χ4n) is 1.61. The molecule has 0 bridgehead atoms. The lowest BCUT2D eigenvalue weighted by Crippen LogP contribution is -2.25. The van der Waals surface area contributed by atoms with Gasteiger partial charge >= 0.3 is 0 Å². The molecule has 0 fully saturated rings. The maximum Gasteiger partial charge on any atom is 0.134 e. The Morgan fingerprint density at radius 2 is 1.94 bits per heavy atom. The molecule has 0 amide bonds. The minimum atomic E-state index is 0.315. The molecule has 0 aliphatic carbocycles. The molecule has 0 atom stereocenters. The Morgan fingerprint density at radius 1 is 1.28 bits per heavy atom. The average molecular weight is 268 g/mol. The minimum Gasteiger partial charge on any atom is -0.384 e. The lowest BCUT2D eigenvalue weighted by molar-refractivity contribution is 0.324. The molecular weight excluding hydrogens is 244 g/mol. The predicted octanol–water partition coefficient (Wildman–Crippen LogP) is 2.62. The van der Waals surface area contributed by atoms with Gasteiger partial charge in [-0.1, -0.05) is 27.7 Å². The maximum atomic E-state index is 5.81. The molecule has 5 heteroatoms. The van der Waals surface area contributed by atoms with Gasteiger partial charge in [0.1, 0.15) is 16.7 Å². The Hall–Kier alpha value is -0.810. The molecule has 1 aromatic rings. The van der Waals surface area contributed by atoms with Gasteiger partial charge in [-0.15, -0.1) is 11.8 Å². The number of thioether (sulfide) groups is 1. The van der Waals surface area contributed by atoms with Crippen LogP contribution in [0.5, 0.6) is 0 Å². The topological polar surface area (TPSA) is 55.0 Å². The highest BCUT2D eigenvalue weighted by Crippen LogP contribution is 2.20. The van der Waals surface area contributed by atoms with E-state index in [2.05, 4.69) is 42.6 Å². The molecule has 0 aromatic carbocycles. The molecule has 0 spiro atoms. The minimum absolute atomic E-state index is 0.315. The maximum absolute atomic E-state index is 5.81. The third kappa shape index (κ3) is 4.82. The summed E-state index contributed by atoms with van der Waals surface area (Å²) in [5.41, 5.74) is 5.81. The van der Waals surface area contributed by atoms with E-state index < -0.39 is 0 Å². The Kier molecular flexibility index (Phi) is 6.43. The summed E-state index contributed by atoms with van der Waals surface area (Å²) >= 11 is 1.75. The van der Waals surface area contributed by atoms with Crippen LogP contribution in [0, 0.1) is 0 Å². The lowest BCUT2D eigenvalue weighted by Gasteiger charge is -2.17. The first-order chi connectivity index (χ1) is 8.56. The van der Waals surface area contributed by atoms with Gasteiger partial charge in [0.15, 0.2) is 0 Å². The van der Waals surface area contributed by atoms with Gasteiger partial charge in [0, 0.05) is 24.3 Å². The van der Waals surface area contributed by atoms with Gasteiger partial charge in [0.25, 0.3) is 0 Å². The summed E-state index contributed by atoms with van der Waals surface area (Å²) in [6.07, 6.45) is 0. The molecule has 18 heavy (non-hydrogen) atoms. The number of hydrogen-bond acceptors (Lipinski definition) is 5. The number of nitrogens with two attached hydrogens (primary N) is 1. The van der Waals surface area contributed by atoms with E-state index in [-0.39, 0.29) is 0 Å². The molecule has 0 unspecified atom stereocenters. The molecule has 2 N–H and O–H groups in total. The van der Waals surface area contributed by atoms with E-state index in [1.165, 1.54) is 0 Å². The van der Waals surface area contributed by atoms with Crippen LogP contribution in [0.1, 0.15) is 39.4 Å². The number of nitrogen functional groups attached to an aromatic ring is 1. The van der Waals surface area contributed by atoms with Crippen molar-refractivity contribution in [3.63, 3.8) is 0 Å². The van der Waals surface area contributed by atoms with Crippen molar-refractivity contribution < 1.29 is 0 Å². The molecule has 0 saturated carbocycles. The van der Waals surface area contributed by atoms with Gasteiger partial charge in [0.2, 0.25) is 0 Å². The molecule has 1 rings (SSSR count). The van der Waals surface area contributed by atoms with Crippen molar-refractivity contribution in [2.45, 2.75) is 38.6 Å². The van der Waals surface area contributed by atoms with E-state index in [1.54, 1.807) is 11.8 Å². The Balaban J connectivity index is 2.56. The summed E-state index contributed by atoms with van der Waals surface area (Å²) in [7, 11) is 0. The summed E-state index contributed by atoms with van der Waals surface area (Å²) < 4.78 is 0. The molecule has 4 nitrogen and oxygen atoms in total. The largest absolute Gasteiger partial charge is 0.384 e. The van der Waals surface area contributed by atoms with E-state index in [1.807, 2.05) is 6.07 Å². The van der Waals surface area contributed by atoms with Gasteiger partial charge in [-0.2, -0.15) is 0 Å². The van der Waals surface area contributed by atoms with Crippen molar-refractivity contribution >= 4 is 17.6 Å². The smallest absolute Gasteiger partial charge is 0.134 e. The van der Waals surface area contributed by atoms with Crippen LogP contribution in [0.15, 0.2) is 11.1 Å². The molecule has 0 radical (unpaired) electrons. The van der Waals surface area contributed by atoms with Crippen LogP contribution in [0.4, 0.5) is 5.82 Å². The summed E-state index contributed by atoms with van der Waals surface area (Å²) in [6.45, 7) is 11.8.